The molecule has 0 spiro atoms. The van der Waals surface area contributed by atoms with Gasteiger partial charge in [0.15, 0.2) is 0 Å². The van der Waals surface area contributed by atoms with Gasteiger partial charge < -0.3 is 4.90 Å². The van der Waals surface area contributed by atoms with Crippen molar-refractivity contribution in [1.82, 2.24) is 8.87 Å². The summed E-state index contributed by atoms with van der Waals surface area (Å²) in [5, 5.41) is 0.938. The molecule has 2 aromatic carbocycles. The predicted molar refractivity (Wildman–Crippen MR) is 96.1 cm³/mol. The molecule has 0 amide bonds. The predicted octanol–water partition coefficient (Wildman–Crippen LogP) is 3.70. The molecule has 0 bridgehead atoms. The number of halogens is 1. The molecule has 0 saturated heterocycles. The summed E-state index contributed by atoms with van der Waals surface area (Å²) in [6.45, 7) is 0.671. The highest BCUT2D eigenvalue weighted by Gasteiger charge is 2.21. The van der Waals surface area contributed by atoms with Crippen LogP contribution in [0.5, 0.6) is 0 Å². The second-order valence-corrected chi connectivity index (χ2v) is 8.40. The van der Waals surface area contributed by atoms with E-state index in [0.717, 1.165) is 15.4 Å². The van der Waals surface area contributed by atoms with Gasteiger partial charge in [-0.05, 0) is 50.0 Å². The molecular formula is C17H17BrN2O2S. The van der Waals surface area contributed by atoms with Crippen molar-refractivity contribution in [2.24, 2.45) is 0 Å². The first kappa shape index (κ1) is 16.2. The Kier molecular flexibility index (Phi) is 4.31. The molecule has 0 atom stereocenters. The van der Waals surface area contributed by atoms with Gasteiger partial charge >= 0.3 is 0 Å². The normalized spacial score (nSPS) is 12.2. The molecule has 120 valence electrons. The zero-order valence-corrected chi connectivity index (χ0v) is 15.3. The first-order valence-electron chi connectivity index (χ1n) is 7.14. The monoisotopic (exact) mass is 392 g/mol. The zero-order chi connectivity index (χ0) is 16.6. The Morgan fingerprint density at radius 3 is 2.43 bits per heavy atom. The molecule has 6 heteroatoms. The van der Waals surface area contributed by atoms with Gasteiger partial charge in [0.2, 0.25) is 0 Å². The van der Waals surface area contributed by atoms with Crippen LogP contribution in [-0.4, -0.2) is 31.4 Å². The van der Waals surface area contributed by atoms with Crippen LogP contribution in [-0.2, 0) is 16.6 Å². The molecule has 0 saturated carbocycles. The molecule has 0 unspecified atom stereocenters. The summed E-state index contributed by atoms with van der Waals surface area (Å²) < 4.78 is 28.2. The van der Waals surface area contributed by atoms with Crippen molar-refractivity contribution in [1.29, 1.82) is 0 Å². The van der Waals surface area contributed by atoms with Crippen molar-refractivity contribution in [2.75, 3.05) is 14.1 Å². The first-order valence-corrected chi connectivity index (χ1v) is 9.38. The molecule has 3 rings (SSSR count). The average molecular weight is 393 g/mol. The topological polar surface area (TPSA) is 42.3 Å². The van der Waals surface area contributed by atoms with Crippen molar-refractivity contribution in [2.45, 2.75) is 11.4 Å². The molecule has 0 N–H and O–H groups in total. The number of hydrogen-bond acceptors (Lipinski definition) is 3. The fraction of sp³-hybridized carbons (Fsp3) is 0.176. The van der Waals surface area contributed by atoms with Crippen molar-refractivity contribution in [3.8, 4) is 0 Å². The maximum absolute atomic E-state index is 13.0. The minimum atomic E-state index is -3.61. The summed E-state index contributed by atoms with van der Waals surface area (Å²) in [6, 6.07) is 14.2. The third-order valence-electron chi connectivity index (χ3n) is 3.60. The van der Waals surface area contributed by atoms with Gasteiger partial charge in [0.05, 0.1) is 10.4 Å². The molecule has 3 aromatic rings. The first-order chi connectivity index (χ1) is 10.9. The lowest BCUT2D eigenvalue weighted by molar-refractivity contribution is 0.404. The van der Waals surface area contributed by atoms with E-state index in [2.05, 4.69) is 15.9 Å². The second kappa shape index (κ2) is 6.11. The van der Waals surface area contributed by atoms with E-state index >= 15 is 0 Å². The van der Waals surface area contributed by atoms with Crippen LogP contribution in [0.25, 0.3) is 10.9 Å². The molecule has 4 nitrogen and oxygen atoms in total. The Labute approximate surface area is 144 Å². The smallest absolute Gasteiger partial charge is 0.268 e. The van der Waals surface area contributed by atoms with E-state index < -0.39 is 10.0 Å². The Balaban J connectivity index is 2.26. The van der Waals surface area contributed by atoms with Crippen LogP contribution in [0.15, 0.2) is 64.1 Å². The Morgan fingerprint density at radius 1 is 1.09 bits per heavy atom. The van der Waals surface area contributed by atoms with E-state index in [4.69, 9.17) is 0 Å². The van der Waals surface area contributed by atoms with Gasteiger partial charge in [-0.15, -0.1) is 0 Å². The molecular weight excluding hydrogens is 376 g/mol. The van der Waals surface area contributed by atoms with Gasteiger partial charge in [0.25, 0.3) is 10.0 Å². The summed E-state index contributed by atoms with van der Waals surface area (Å²) in [5.74, 6) is 0. The van der Waals surface area contributed by atoms with Crippen LogP contribution < -0.4 is 0 Å². The number of rotatable bonds is 4. The lowest BCUT2D eigenvalue weighted by Crippen LogP contribution is -2.12. The summed E-state index contributed by atoms with van der Waals surface area (Å²) in [6.07, 6.45) is 1.72. The van der Waals surface area contributed by atoms with E-state index in [-0.39, 0.29) is 4.90 Å². The van der Waals surface area contributed by atoms with E-state index in [1.807, 2.05) is 37.2 Å². The zero-order valence-electron chi connectivity index (χ0n) is 12.9. The van der Waals surface area contributed by atoms with Crippen LogP contribution in [0.2, 0.25) is 0 Å². The molecule has 0 aliphatic rings. The number of hydrogen-bond donors (Lipinski definition) is 0. The van der Waals surface area contributed by atoms with Gasteiger partial charge in [-0.2, -0.15) is 0 Å². The highest BCUT2D eigenvalue weighted by atomic mass is 79.9. The van der Waals surface area contributed by atoms with Crippen LogP contribution in [0.4, 0.5) is 0 Å². The summed E-state index contributed by atoms with van der Waals surface area (Å²) >= 11 is 3.47. The third-order valence-corrected chi connectivity index (χ3v) is 5.78. The molecule has 23 heavy (non-hydrogen) atoms. The average Bonchev–Trinajstić information content (AvgIpc) is 2.86. The Bertz CT molecular complexity index is 947. The number of fused-ring (bicyclic) bond motifs is 1. The van der Waals surface area contributed by atoms with E-state index in [0.29, 0.717) is 12.1 Å². The molecule has 0 radical (unpaired) electrons. The van der Waals surface area contributed by atoms with E-state index in [1.165, 1.54) is 3.97 Å². The minimum absolute atomic E-state index is 0.288. The van der Waals surface area contributed by atoms with Gasteiger partial charge in [-0.3, -0.25) is 0 Å². The molecule has 1 aromatic heterocycles. The fourth-order valence-corrected chi connectivity index (χ4v) is 4.38. The summed E-state index contributed by atoms with van der Waals surface area (Å²) in [7, 11) is 0.320. The van der Waals surface area contributed by atoms with Crippen LogP contribution >= 0.6 is 15.9 Å². The van der Waals surface area contributed by atoms with Gasteiger partial charge in [-0.25, -0.2) is 12.4 Å². The van der Waals surface area contributed by atoms with Gasteiger partial charge in [-0.1, -0.05) is 34.1 Å². The second-order valence-electron chi connectivity index (χ2n) is 5.67. The number of aromatic nitrogens is 1. The quantitative estimate of drug-likeness (QED) is 0.679. The van der Waals surface area contributed by atoms with Crippen LogP contribution in [0.3, 0.4) is 0 Å². The maximum Gasteiger partial charge on any atom is 0.268 e. The Morgan fingerprint density at radius 2 is 1.78 bits per heavy atom. The fourth-order valence-electron chi connectivity index (χ4n) is 2.61. The van der Waals surface area contributed by atoms with Crippen LogP contribution in [0.1, 0.15) is 5.56 Å². The van der Waals surface area contributed by atoms with Gasteiger partial charge in [0, 0.05) is 22.6 Å². The summed E-state index contributed by atoms with van der Waals surface area (Å²) in [4.78, 5) is 2.31. The molecule has 1 heterocycles. The van der Waals surface area contributed by atoms with Gasteiger partial charge in [0.1, 0.15) is 0 Å². The lowest BCUT2D eigenvalue weighted by atomic mass is 10.2. The number of nitrogens with zero attached hydrogens (tertiary/aromatic N) is 2. The Hall–Kier alpha value is -1.63. The number of benzene rings is 2. The van der Waals surface area contributed by atoms with E-state index in [9.17, 15) is 8.42 Å². The largest absolute Gasteiger partial charge is 0.305 e. The van der Waals surface area contributed by atoms with Crippen molar-refractivity contribution in [3.05, 3.63) is 64.8 Å². The van der Waals surface area contributed by atoms with E-state index in [1.54, 1.807) is 36.5 Å². The molecule has 0 fully saturated rings. The highest BCUT2D eigenvalue weighted by molar-refractivity contribution is 9.10. The standard InChI is InChI=1S/C17H17BrN2O2S/c1-19(2)11-13-12-20(17-9-8-14(18)10-16(13)17)23(21,22)15-6-4-3-5-7-15/h3-10,12H,11H2,1-2H3. The van der Waals surface area contributed by atoms with Crippen molar-refractivity contribution >= 4 is 36.9 Å². The van der Waals surface area contributed by atoms with Crippen molar-refractivity contribution < 1.29 is 8.42 Å². The summed E-state index contributed by atoms with van der Waals surface area (Å²) in [5.41, 5.74) is 1.67. The minimum Gasteiger partial charge on any atom is -0.305 e. The lowest BCUT2D eigenvalue weighted by Gasteiger charge is -2.08. The van der Waals surface area contributed by atoms with Crippen molar-refractivity contribution in [3.63, 3.8) is 0 Å². The molecule has 0 aliphatic carbocycles. The maximum atomic E-state index is 13.0. The third kappa shape index (κ3) is 3.06. The molecule has 0 aliphatic heterocycles. The van der Waals surface area contributed by atoms with Crippen LogP contribution in [0, 0.1) is 0 Å². The SMILES string of the molecule is CN(C)Cc1cn(S(=O)(=O)c2ccccc2)c2ccc(Br)cc12. The highest BCUT2D eigenvalue weighted by Crippen LogP contribution is 2.29.